The Morgan fingerprint density at radius 2 is 0.455 bits per heavy atom. The van der Waals surface area contributed by atoms with Crippen molar-refractivity contribution in [3.05, 3.63) is 179 Å². The van der Waals surface area contributed by atoms with Crippen molar-refractivity contribution in [3.63, 3.8) is 0 Å². The van der Waals surface area contributed by atoms with E-state index in [0.29, 0.717) is 59.9 Å². The van der Waals surface area contributed by atoms with Crippen LogP contribution in [0.1, 0.15) is 146 Å². The highest BCUT2D eigenvalue weighted by molar-refractivity contribution is 6.01. The first-order valence-corrected chi connectivity index (χ1v) is 47.9. The standard InChI is InChI=1S/C98H144N22O23/c1-58(2)47-71(89(133)117-77(54-121)85(129)104-53-81(125)107-72(48-62-29-11-6-12-30-62)90(134)119-79(56-123)96(140)116-76(52-66-37-19-10-20-38-66)93(137)111-70(98(142)143)42-24-28-46-102)113-87(131)68(40-22-26-44-100)110-92(136)75(51-65-35-17-9-18-36-65)114-95(139)78(55-122)118-88(132)69(41-23-27-45-101)108-86(130)67(39-21-25-43-99)109-91(135)74(50-64-33-15-8-16-34-64)115-97(141)80(57-124)120-94(138)73(49-63-31-13-7-14-32-63)112-84(128)61(5)106-83(127)60(4)105-82(126)59(3)103/h6-20,29-38,58-61,67-80,121-124H,21-28,39-57,99-103H2,1-5H3,(H,104,129)(H,105,126)(H,106,127)(H,107,125)(H,108,130)(H,109,135)(H,110,136)(H,111,137)(H,112,128)(H,113,131)(H,114,139)(H,115,141)(H,116,140)(H,117,133)(H,118,132)(H,119,134)(H,120,138)(H,142,143)/t59-,60-,61-,67-,68-,69-,70-,71-,72-,73-,74-,75-,76-,77-,78-,79-,80-/m0/s1. The molecule has 0 unspecified atom stereocenters. The molecule has 0 spiro atoms. The summed E-state index contributed by atoms with van der Waals surface area (Å²) in [5.41, 5.74) is 31.5. The van der Waals surface area contributed by atoms with E-state index in [1.165, 1.54) is 20.8 Å². The lowest BCUT2D eigenvalue weighted by molar-refractivity contribution is -0.142. The molecular weight excluding hydrogens is 1850 g/mol. The fraction of sp³-hybridized carbons (Fsp3) is 0.510. The van der Waals surface area contributed by atoms with E-state index in [0.717, 1.165) is 0 Å². The summed E-state index contributed by atoms with van der Waals surface area (Å²) >= 11 is 0. The van der Waals surface area contributed by atoms with Gasteiger partial charge in [0.25, 0.3) is 0 Å². The van der Waals surface area contributed by atoms with E-state index < -0.39 is 242 Å². The Labute approximate surface area is 830 Å². The smallest absolute Gasteiger partial charge is 0.326 e. The predicted octanol–water partition coefficient (Wildman–Crippen LogP) is -5.92. The zero-order valence-electron chi connectivity index (χ0n) is 81.4. The highest BCUT2D eigenvalue weighted by Gasteiger charge is 2.40. The number of aliphatic hydroxyl groups is 4. The second-order valence-corrected chi connectivity index (χ2v) is 35.2. The number of carboxylic acids is 1. The highest BCUT2D eigenvalue weighted by Crippen LogP contribution is 2.17. The molecule has 5 aromatic carbocycles. The van der Waals surface area contributed by atoms with Gasteiger partial charge in [0.2, 0.25) is 100 Å². The molecule has 32 N–H and O–H groups in total. The number of benzene rings is 5. The molecule has 143 heavy (non-hydrogen) atoms. The average molecular weight is 2000 g/mol. The third kappa shape index (κ3) is 44.1. The maximum Gasteiger partial charge on any atom is 0.326 e. The molecule has 5 rings (SSSR count). The molecule has 17 atom stereocenters. The van der Waals surface area contributed by atoms with E-state index in [1.54, 1.807) is 166 Å². The van der Waals surface area contributed by atoms with Gasteiger partial charge in [-0.15, -0.1) is 0 Å². The summed E-state index contributed by atoms with van der Waals surface area (Å²) in [6.07, 6.45) is 0.903. The van der Waals surface area contributed by atoms with Crippen LogP contribution in [0.4, 0.5) is 0 Å². The van der Waals surface area contributed by atoms with E-state index in [2.05, 4.69) is 90.4 Å². The van der Waals surface area contributed by atoms with Crippen molar-refractivity contribution in [2.75, 3.05) is 59.2 Å². The second-order valence-electron chi connectivity index (χ2n) is 35.2. The number of carbonyl (C=O) groups is 18. The van der Waals surface area contributed by atoms with Crippen LogP contribution in [0.25, 0.3) is 0 Å². The second kappa shape index (κ2) is 65.3. The first-order chi connectivity index (χ1) is 68.4. The largest absolute Gasteiger partial charge is 0.480 e. The molecule has 17 amide bonds. The summed E-state index contributed by atoms with van der Waals surface area (Å²) in [4.78, 5) is 253. The molecule has 0 bridgehead atoms. The molecule has 0 fully saturated rings. The van der Waals surface area contributed by atoms with Gasteiger partial charge in [-0.2, -0.15) is 0 Å². The van der Waals surface area contributed by atoms with Gasteiger partial charge in [0.15, 0.2) is 0 Å². The van der Waals surface area contributed by atoms with Gasteiger partial charge in [-0.1, -0.05) is 166 Å². The monoisotopic (exact) mass is 2000 g/mol. The number of carboxylic acid groups (broad SMARTS) is 1. The lowest BCUT2D eigenvalue weighted by atomic mass is 10.0. The normalized spacial score (nSPS) is 14.7. The van der Waals surface area contributed by atoms with Crippen molar-refractivity contribution < 1.29 is 112 Å². The number of unbranched alkanes of at least 4 members (excludes halogenated alkanes) is 4. The lowest BCUT2D eigenvalue weighted by Gasteiger charge is -2.28. The highest BCUT2D eigenvalue weighted by atomic mass is 16.4. The Bertz CT molecular complexity index is 4890. The number of hydrogen-bond acceptors (Lipinski definition) is 27. The fourth-order valence-electron chi connectivity index (χ4n) is 14.7. The lowest BCUT2D eigenvalue weighted by Crippen LogP contribution is -2.62. The van der Waals surface area contributed by atoms with Crippen LogP contribution in [0.15, 0.2) is 152 Å². The van der Waals surface area contributed by atoms with Crippen LogP contribution in [-0.4, -0.2) is 294 Å². The number of hydrogen-bond donors (Lipinski definition) is 27. The maximum absolute atomic E-state index is 14.9. The Kier molecular flexibility index (Phi) is 54.7. The van der Waals surface area contributed by atoms with Crippen LogP contribution < -0.4 is 119 Å². The molecule has 0 radical (unpaired) electrons. The molecule has 0 aliphatic rings. The van der Waals surface area contributed by atoms with Gasteiger partial charge in [-0.05, 0) is 164 Å². The zero-order chi connectivity index (χ0) is 105. The number of rotatable bonds is 67. The van der Waals surface area contributed by atoms with Crippen molar-refractivity contribution in [2.45, 2.75) is 253 Å². The van der Waals surface area contributed by atoms with Crippen molar-refractivity contribution >= 4 is 106 Å². The molecule has 0 aliphatic heterocycles. The summed E-state index contributed by atoms with van der Waals surface area (Å²) in [6, 6.07) is 16.0. The van der Waals surface area contributed by atoms with Crippen LogP contribution in [0.5, 0.6) is 0 Å². The zero-order valence-corrected chi connectivity index (χ0v) is 81.4. The molecule has 0 heterocycles. The summed E-state index contributed by atoms with van der Waals surface area (Å²) < 4.78 is 0. The molecule has 784 valence electrons. The van der Waals surface area contributed by atoms with Crippen LogP contribution in [0.2, 0.25) is 0 Å². The third-order valence-electron chi connectivity index (χ3n) is 22.8. The van der Waals surface area contributed by atoms with Crippen LogP contribution >= 0.6 is 0 Å². The van der Waals surface area contributed by atoms with E-state index >= 15 is 0 Å². The number of aliphatic hydroxyl groups excluding tert-OH is 4. The summed E-state index contributed by atoms with van der Waals surface area (Å²) in [6.45, 7) is 3.06. The summed E-state index contributed by atoms with van der Waals surface area (Å²) in [7, 11) is 0. The van der Waals surface area contributed by atoms with Gasteiger partial charge in [0.05, 0.1) is 39.0 Å². The van der Waals surface area contributed by atoms with E-state index in [9.17, 15) is 112 Å². The van der Waals surface area contributed by atoms with Crippen LogP contribution in [0, 0.1) is 5.92 Å². The molecule has 5 aromatic rings. The summed E-state index contributed by atoms with van der Waals surface area (Å²) in [5, 5.41) is 95.5. The third-order valence-corrected chi connectivity index (χ3v) is 22.8. The minimum Gasteiger partial charge on any atom is -0.480 e. The van der Waals surface area contributed by atoms with E-state index in [-0.39, 0.29) is 116 Å². The summed E-state index contributed by atoms with van der Waals surface area (Å²) in [5.74, 6) is -18.1. The predicted molar refractivity (Wildman–Crippen MR) is 527 cm³/mol. The minimum absolute atomic E-state index is 0.0232. The number of aliphatic carboxylic acids is 1. The molecule has 0 saturated heterocycles. The Morgan fingerprint density at radius 1 is 0.245 bits per heavy atom. The van der Waals surface area contributed by atoms with Crippen LogP contribution in [0.3, 0.4) is 0 Å². The van der Waals surface area contributed by atoms with Crippen molar-refractivity contribution in [1.29, 1.82) is 0 Å². The molecule has 0 saturated carbocycles. The topological polar surface area (TPSA) is 743 Å². The maximum atomic E-state index is 14.9. The SMILES string of the molecule is CC(C)C[C@H](NC(=O)[C@H](CCCCN)NC(=O)[C@H](Cc1ccccc1)NC(=O)[C@H](CO)NC(=O)[C@H](CCCCN)NC(=O)[C@H](CCCCN)NC(=O)[C@H](Cc1ccccc1)NC(=O)[C@H](CO)NC(=O)[C@H](Cc1ccccc1)NC(=O)[C@H](C)NC(=O)[C@H](C)NC(=O)[C@H](C)N)C(=O)N[C@@H](CO)C(=O)NCC(=O)N[C@@H](Cc1ccccc1)C(=O)N[C@@H](CO)C(=O)N[C@@H](Cc1ccccc1)C(=O)N[C@@H](CCCCN)C(=O)O. The van der Waals surface area contributed by atoms with Gasteiger partial charge in [0, 0.05) is 32.1 Å². The molecule has 45 heteroatoms. The van der Waals surface area contributed by atoms with Crippen molar-refractivity contribution in [2.24, 2.45) is 34.6 Å². The Hall–Kier alpha value is -13.8. The van der Waals surface area contributed by atoms with Crippen LogP contribution in [-0.2, 0) is 118 Å². The van der Waals surface area contributed by atoms with E-state index in [4.69, 9.17) is 28.7 Å². The van der Waals surface area contributed by atoms with Crippen molar-refractivity contribution in [1.82, 2.24) is 90.4 Å². The van der Waals surface area contributed by atoms with Gasteiger partial charge in [0.1, 0.15) is 96.7 Å². The Balaban J connectivity index is 1.32. The van der Waals surface area contributed by atoms with Gasteiger partial charge >= 0.3 is 5.97 Å². The number of nitrogens with two attached hydrogens (primary N) is 5. The number of nitrogens with one attached hydrogen (secondary N) is 17. The van der Waals surface area contributed by atoms with E-state index in [1.807, 2.05) is 0 Å². The first kappa shape index (κ1) is 120. The fourth-order valence-corrected chi connectivity index (χ4v) is 14.7. The number of amides is 17. The minimum atomic E-state index is -1.87. The van der Waals surface area contributed by atoms with Gasteiger partial charge in [-0.3, -0.25) is 81.5 Å². The van der Waals surface area contributed by atoms with Gasteiger partial charge in [-0.25, -0.2) is 4.79 Å². The molecule has 45 nitrogen and oxygen atoms in total. The van der Waals surface area contributed by atoms with Gasteiger partial charge < -0.3 is 145 Å². The number of carbonyl (C=O) groups excluding carboxylic acids is 17. The quantitative estimate of drug-likeness (QED) is 0.0161. The Morgan fingerprint density at radius 3 is 0.720 bits per heavy atom. The van der Waals surface area contributed by atoms with Crippen molar-refractivity contribution in [3.8, 4) is 0 Å². The first-order valence-electron chi connectivity index (χ1n) is 47.9. The average Bonchev–Trinajstić information content (AvgIpc) is 0.850. The molecular formula is C98H144N22O23. The molecule has 0 aromatic heterocycles. The molecule has 0 aliphatic carbocycles.